The van der Waals surface area contributed by atoms with E-state index in [1.54, 1.807) is 0 Å². The number of rotatable bonds is 6. The standard InChI is InChI=1S/C20H30N2O2/c1-2-24-19-9-7-18(8-10-19)16-21-11-13-22(14-12-21)20(23)15-17-5-3-4-6-17/h7-10,17H,2-6,11-16H2,1H3. The second-order valence-electron chi connectivity index (χ2n) is 7.09. The van der Waals surface area contributed by atoms with Crippen LogP contribution in [0.2, 0.25) is 0 Å². The molecule has 1 aliphatic heterocycles. The molecule has 0 atom stereocenters. The van der Waals surface area contributed by atoms with Gasteiger partial charge in [0.2, 0.25) is 5.91 Å². The lowest BCUT2D eigenvalue weighted by atomic mass is 10.0. The SMILES string of the molecule is CCOc1ccc(CN2CCN(C(=O)CC3CCCC3)CC2)cc1. The monoisotopic (exact) mass is 330 g/mol. The highest BCUT2D eigenvalue weighted by Gasteiger charge is 2.25. The predicted molar refractivity (Wildman–Crippen MR) is 96.0 cm³/mol. The summed E-state index contributed by atoms with van der Waals surface area (Å²) in [5, 5.41) is 0. The Morgan fingerprint density at radius 3 is 2.38 bits per heavy atom. The molecule has 1 aromatic carbocycles. The van der Waals surface area contributed by atoms with E-state index in [2.05, 4.69) is 21.9 Å². The first kappa shape index (κ1) is 17.3. The lowest BCUT2D eigenvalue weighted by Crippen LogP contribution is -2.48. The Bertz CT molecular complexity index is 515. The Labute approximate surface area is 145 Å². The lowest BCUT2D eigenvalue weighted by molar-refractivity contribution is -0.134. The first-order chi connectivity index (χ1) is 11.7. The number of piperazine rings is 1. The Balaban J connectivity index is 1.42. The van der Waals surface area contributed by atoms with Gasteiger partial charge in [-0.05, 0) is 43.4 Å². The number of hydrogen-bond donors (Lipinski definition) is 0. The quantitative estimate of drug-likeness (QED) is 0.802. The van der Waals surface area contributed by atoms with Crippen LogP contribution in [-0.4, -0.2) is 48.5 Å². The van der Waals surface area contributed by atoms with Crippen LogP contribution in [0.5, 0.6) is 5.75 Å². The van der Waals surface area contributed by atoms with Gasteiger partial charge < -0.3 is 9.64 Å². The third-order valence-electron chi connectivity index (χ3n) is 5.30. The summed E-state index contributed by atoms with van der Waals surface area (Å²) < 4.78 is 5.49. The van der Waals surface area contributed by atoms with Gasteiger partial charge in [0.25, 0.3) is 0 Å². The van der Waals surface area contributed by atoms with Crippen LogP contribution < -0.4 is 4.74 Å². The maximum atomic E-state index is 12.4. The van der Waals surface area contributed by atoms with Crippen molar-refractivity contribution >= 4 is 5.91 Å². The topological polar surface area (TPSA) is 32.8 Å². The van der Waals surface area contributed by atoms with E-state index >= 15 is 0 Å². The van der Waals surface area contributed by atoms with Crippen molar-refractivity contribution < 1.29 is 9.53 Å². The molecule has 1 saturated heterocycles. The zero-order valence-corrected chi connectivity index (χ0v) is 14.9. The molecule has 0 aromatic heterocycles. The second kappa shape index (κ2) is 8.52. The number of nitrogens with zero attached hydrogens (tertiary/aromatic N) is 2. The largest absolute Gasteiger partial charge is 0.494 e. The molecule has 1 heterocycles. The van der Waals surface area contributed by atoms with Crippen molar-refractivity contribution in [1.82, 2.24) is 9.80 Å². The highest BCUT2D eigenvalue weighted by atomic mass is 16.5. The molecule has 3 rings (SSSR count). The zero-order valence-electron chi connectivity index (χ0n) is 14.9. The van der Waals surface area contributed by atoms with Gasteiger partial charge in [-0.2, -0.15) is 0 Å². The second-order valence-corrected chi connectivity index (χ2v) is 7.09. The maximum Gasteiger partial charge on any atom is 0.222 e. The van der Waals surface area contributed by atoms with Crippen molar-refractivity contribution in [3.8, 4) is 5.75 Å². The van der Waals surface area contributed by atoms with Gasteiger partial charge in [-0.25, -0.2) is 0 Å². The van der Waals surface area contributed by atoms with Crippen LogP contribution in [0.25, 0.3) is 0 Å². The molecule has 0 radical (unpaired) electrons. The molecule has 2 aliphatic rings. The average molecular weight is 330 g/mol. The normalized spacial score (nSPS) is 19.6. The number of carbonyl (C=O) groups is 1. The van der Waals surface area contributed by atoms with Gasteiger partial charge in [0.05, 0.1) is 6.61 Å². The van der Waals surface area contributed by atoms with Crippen LogP contribution in [0.3, 0.4) is 0 Å². The molecule has 0 bridgehead atoms. The minimum Gasteiger partial charge on any atom is -0.494 e. The summed E-state index contributed by atoms with van der Waals surface area (Å²) in [6.45, 7) is 7.37. The summed E-state index contributed by atoms with van der Waals surface area (Å²) >= 11 is 0. The van der Waals surface area contributed by atoms with Crippen LogP contribution in [-0.2, 0) is 11.3 Å². The van der Waals surface area contributed by atoms with Crippen LogP contribution in [0.15, 0.2) is 24.3 Å². The number of benzene rings is 1. The van der Waals surface area contributed by atoms with Gasteiger partial charge in [-0.1, -0.05) is 25.0 Å². The molecule has 24 heavy (non-hydrogen) atoms. The lowest BCUT2D eigenvalue weighted by Gasteiger charge is -2.35. The van der Waals surface area contributed by atoms with E-state index in [4.69, 9.17) is 4.74 Å². The molecule has 1 aliphatic carbocycles. The van der Waals surface area contributed by atoms with Crippen molar-refractivity contribution in [2.45, 2.75) is 45.6 Å². The number of hydrogen-bond acceptors (Lipinski definition) is 3. The predicted octanol–water partition coefficient (Wildman–Crippen LogP) is 3.31. The molecule has 4 heteroatoms. The fourth-order valence-electron chi connectivity index (χ4n) is 3.86. The van der Waals surface area contributed by atoms with Gasteiger partial charge in [-0.15, -0.1) is 0 Å². The van der Waals surface area contributed by atoms with E-state index < -0.39 is 0 Å². The van der Waals surface area contributed by atoms with Crippen LogP contribution in [0, 0.1) is 5.92 Å². The summed E-state index contributed by atoms with van der Waals surface area (Å²) in [4.78, 5) is 16.9. The van der Waals surface area contributed by atoms with Gasteiger partial charge >= 0.3 is 0 Å². The molecule has 1 saturated carbocycles. The highest BCUT2D eigenvalue weighted by molar-refractivity contribution is 5.76. The van der Waals surface area contributed by atoms with Crippen molar-refractivity contribution in [2.24, 2.45) is 5.92 Å². The third-order valence-corrected chi connectivity index (χ3v) is 5.30. The molecule has 4 nitrogen and oxygen atoms in total. The average Bonchev–Trinajstić information content (AvgIpc) is 3.10. The molecular formula is C20H30N2O2. The fourth-order valence-corrected chi connectivity index (χ4v) is 3.86. The fraction of sp³-hybridized carbons (Fsp3) is 0.650. The van der Waals surface area contributed by atoms with Crippen molar-refractivity contribution in [3.63, 3.8) is 0 Å². The first-order valence-electron chi connectivity index (χ1n) is 9.46. The van der Waals surface area contributed by atoms with E-state index in [1.165, 1.54) is 31.2 Å². The molecule has 1 aromatic rings. The van der Waals surface area contributed by atoms with Crippen molar-refractivity contribution in [1.29, 1.82) is 0 Å². The van der Waals surface area contributed by atoms with Gasteiger partial charge in [-0.3, -0.25) is 9.69 Å². The number of carbonyl (C=O) groups excluding carboxylic acids is 1. The van der Waals surface area contributed by atoms with E-state index in [9.17, 15) is 4.79 Å². The van der Waals surface area contributed by atoms with Gasteiger partial charge in [0.15, 0.2) is 0 Å². The molecule has 0 spiro atoms. The molecule has 132 valence electrons. The van der Waals surface area contributed by atoms with Crippen LogP contribution in [0.4, 0.5) is 0 Å². The van der Waals surface area contributed by atoms with Crippen LogP contribution >= 0.6 is 0 Å². The molecular weight excluding hydrogens is 300 g/mol. The Morgan fingerprint density at radius 2 is 1.75 bits per heavy atom. The van der Waals surface area contributed by atoms with Crippen molar-refractivity contribution in [3.05, 3.63) is 29.8 Å². The molecule has 0 N–H and O–H groups in total. The number of ether oxygens (including phenoxy) is 1. The zero-order chi connectivity index (χ0) is 16.8. The molecule has 2 fully saturated rings. The van der Waals surface area contributed by atoms with E-state index in [0.717, 1.165) is 44.9 Å². The summed E-state index contributed by atoms with van der Waals surface area (Å²) in [6, 6.07) is 8.37. The summed E-state index contributed by atoms with van der Waals surface area (Å²) in [5.74, 6) is 1.96. The Morgan fingerprint density at radius 1 is 1.08 bits per heavy atom. The summed E-state index contributed by atoms with van der Waals surface area (Å²) in [7, 11) is 0. The number of amides is 1. The minimum atomic E-state index is 0.377. The summed E-state index contributed by atoms with van der Waals surface area (Å²) in [6.07, 6.45) is 5.91. The smallest absolute Gasteiger partial charge is 0.222 e. The van der Waals surface area contributed by atoms with E-state index in [0.29, 0.717) is 18.4 Å². The van der Waals surface area contributed by atoms with Gasteiger partial charge in [0, 0.05) is 39.1 Å². The maximum absolute atomic E-state index is 12.4. The van der Waals surface area contributed by atoms with Gasteiger partial charge in [0.1, 0.15) is 5.75 Å². The summed E-state index contributed by atoms with van der Waals surface area (Å²) in [5.41, 5.74) is 1.31. The highest BCUT2D eigenvalue weighted by Crippen LogP contribution is 2.28. The Hall–Kier alpha value is -1.55. The van der Waals surface area contributed by atoms with E-state index in [-0.39, 0.29) is 0 Å². The first-order valence-corrected chi connectivity index (χ1v) is 9.46. The van der Waals surface area contributed by atoms with Crippen LogP contribution in [0.1, 0.15) is 44.6 Å². The third kappa shape index (κ3) is 4.73. The molecule has 1 amide bonds. The Kier molecular flexibility index (Phi) is 6.13. The minimum absolute atomic E-state index is 0.377. The molecule has 0 unspecified atom stereocenters. The van der Waals surface area contributed by atoms with E-state index in [1.807, 2.05) is 19.1 Å². The van der Waals surface area contributed by atoms with Crippen molar-refractivity contribution in [2.75, 3.05) is 32.8 Å².